The van der Waals surface area contributed by atoms with E-state index >= 15 is 0 Å². The van der Waals surface area contributed by atoms with Crippen LogP contribution in [0, 0.1) is 0 Å². The molecule has 0 aliphatic rings. The van der Waals surface area contributed by atoms with E-state index in [1.165, 1.54) is 64.2 Å². The van der Waals surface area contributed by atoms with Crippen LogP contribution in [-0.2, 0) is 42.2 Å². The number of carbonyl (C=O) groups is 3. The predicted molar refractivity (Wildman–Crippen MR) is 288 cm³/mol. The second-order valence-electron chi connectivity index (χ2n) is 18.7. The molecule has 11 nitrogen and oxygen atoms in total. The van der Waals surface area contributed by atoms with Crippen molar-refractivity contribution < 1.29 is 52.2 Å². The molecule has 12 heteroatoms. The fraction of sp³-hybridized carbons (Fsp3) is 0.776. The van der Waals surface area contributed by atoms with E-state index in [0.717, 1.165) is 128 Å². The summed E-state index contributed by atoms with van der Waals surface area (Å²) in [6.45, 7) is 4.53. The van der Waals surface area contributed by atoms with Crippen molar-refractivity contribution in [2.75, 3.05) is 26.4 Å². The molecule has 3 atom stereocenters. The first kappa shape index (κ1) is 67.2. The lowest BCUT2D eigenvalue weighted by Crippen LogP contribution is -2.30. The summed E-state index contributed by atoms with van der Waals surface area (Å²) in [5.41, 5.74) is 0. The summed E-state index contributed by atoms with van der Waals surface area (Å²) in [4.78, 5) is 48.4. The van der Waals surface area contributed by atoms with Crippen LogP contribution in [0.25, 0.3) is 0 Å². The number of phosphoric acid groups is 1. The number of phosphoric ester groups is 1. The Morgan fingerprint density at radius 3 is 1.16 bits per heavy atom. The minimum atomic E-state index is -4.75. The Morgan fingerprint density at radius 2 is 0.714 bits per heavy atom. The Hall–Kier alpha value is -2.82. The average molecular weight is 1010 g/mol. The van der Waals surface area contributed by atoms with Gasteiger partial charge in [-0.15, -0.1) is 0 Å². The Bertz CT molecular complexity index is 1410. The molecule has 0 fully saturated rings. The first-order valence-corrected chi connectivity index (χ1v) is 29.7. The van der Waals surface area contributed by atoms with Crippen LogP contribution in [0.3, 0.4) is 0 Å². The summed E-state index contributed by atoms with van der Waals surface area (Å²) in [5, 5.41) is 9.78. The number of carbonyl (C=O) groups excluding carboxylic acids is 3. The van der Waals surface area contributed by atoms with Crippen molar-refractivity contribution in [1.82, 2.24) is 0 Å². The van der Waals surface area contributed by atoms with Gasteiger partial charge in [-0.1, -0.05) is 191 Å². The molecule has 0 saturated carbocycles. The fourth-order valence-electron chi connectivity index (χ4n) is 7.51. The van der Waals surface area contributed by atoms with E-state index in [9.17, 15) is 28.9 Å². The van der Waals surface area contributed by atoms with E-state index in [0.29, 0.717) is 19.3 Å². The lowest BCUT2D eigenvalue weighted by Gasteiger charge is -2.21. The van der Waals surface area contributed by atoms with Crippen molar-refractivity contribution in [3.8, 4) is 0 Å². The Labute approximate surface area is 427 Å². The van der Waals surface area contributed by atoms with Gasteiger partial charge in [0.15, 0.2) is 6.10 Å². The summed E-state index contributed by atoms with van der Waals surface area (Å²) in [6.07, 6.45) is 56.1. The van der Waals surface area contributed by atoms with Crippen molar-refractivity contribution in [2.24, 2.45) is 0 Å². The van der Waals surface area contributed by atoms with Gasteiger partial charge >= 0.3 is 25.7 Å². The smallest absolute Gasteiger partial charge is 0.462 e. The van der Waals surface area contributed by atoms with E-state index in [1.54, 1.807) is 0 Å². The third-order valence-corrected chi connectivity index (χ3v) is 12.8. The van der Waals surface area contributed by atoms with Crippen LogP contribution in [0.1, 0.15) is 252 Å². The molecular weight excluding hydrogens is 904 g/mol. The van der Waals surface area contributed by atoms with Gasteiger partial charge in [0.05, 0.1) is 19.8 Å². The van der Waals surface area contributed by atoms with Crippen LogP contribution in [0.5, 0.6) is 0 Å². The van der Waals surface area contributed by atoms with Crippen LogP contribution in [0.15, 0.2) is 60.8 Å². The van der Waals surface area contributed by atoms with Crippen LogP contribution in [-0.4, -0.2) is 66.5 Å². The molecule has 0 rings (SSSR count). The third-order valence-electron chi connectivity index (χ3n) is 11.9. The molecule has 0 aliphatic heterocycles. The van der Waals surface area contributed by atoms with Gasteiger partial charge in [0.2, 0.25) is 0 Å². The maximum Gasteiger partial charge on any atom is 0.472 e. The van der Waals surface area contributed by atoms with Gasteiger partial charge in [0.25, 0.3) is 0 Å². The molecule has 0 aliphatic carbocycles. The van der Waals surface area contributed by atoms with E-state index in [2.05, 4.69) is 81.5 Å². The maximum absolute atomic E-state index is 12.9. The van der Waals surface area contributed by atoms with E-state index < -0.39 is 57.8 Å². The molecule has 70 heavy (non-hydrogen) atoms. The zero-order valence-corrected chi connectivity index (χ0v) is 45.6. The Balaban J connectivity index is 4.76. The highest BCUT2D eigenvalue weighted by Crippen LogP contribution is 2.43. The molecule has 0 amide bonds. The summed E-state index contributed by atoms with van der Waals surface area (Å²) in [7, 11) is -4.75. The standard InChI is InChI=1S/C58H103O11P/c1-4-7-10-13-16-19-22-24-25-26-27-28-29-31-34-37-40-43-46-49-58(62)69-55(51-65-56(60)47-44-41-38-35-33-30-23-20-17-14-11-8-5-2)53-67-70(63,64)66-52-54(50-59)68-57(61)48-45-42-39-36-32-21-18-15-12-9-6-3/h15-16,18-20,23-25,27-28,54-55,59H,4-14,17,21-22,26,29-53H2,1-3H3,(H,63,64)/b18-15-,19-16-,23-20-,25-24-,28-27-. The number of aliphatic hydroxyl groups excluding tert-OH is 1. The number of allylic oxidation sites excluding steroid dienone is 10. The van der Waals surface area contributed by atoms with Gasteiger partial charge in [0, 0.05) is 19.3 Å². The van der Waals surface area contributed by atoms with Gasteiger partial charge < -0.3 is 24.2 Å². The van der Waals surface area contributed by atoms with Crippen LogP contribution in [0.2, 0.25) is 0 Å². The Morgan fingerprint density at radius 1 is 0.400 bits per heavy atom. The number of aliphatic hydroxyl groups is 1. The number of esters is 3. The van der Waals surface area contributed by atoms with Crippen LogP contribution < -0.4 is 0 Å². The molecule has 0 bridgehead atoms. The lowest BCUT2D eigenvalue weighted by molar-refractivity contribution is -0.161. The monoisotopic (exact) mass is 1010 g/mol. The second kappa shape index (κ2) is 52.5. The van der Waals surface area contributed by atoms with Crippen molar-refractivity contribution >= 4 is 25.7 Å². The first-order valence-electron chi connectivity index (χ1n) is 28.2. The van der Waals surface area contributed by atoms with E-state index in [-0.39, 0.29) is 25.9 Å². The van der Waals surface area contributed by atoms with Gasteiger partial charge in [0.1, 0.15) is 12.7 Å². The molecule has 2 N–H and O–H groups in total. The van der Waals surface area contributed by atoms with Crippen molar-refractivity contribution in [3.05, 3.63) is 60.8 Å². The molecular formula is C58H103O11P. The van der Waals surface area contributed by atoms with Crippen molar-refractivity contribution in [3.63, 3.8) is 0 Å². The number of hydrogen-bond acceptors (Lipinski definition) is 10. The largest absolute Gasteiger partial charge is 0.472 e. The summed E-state index contributed by atoms with van der Waals surface area (Å²) in [6, 6.07) is 0. The molecule has 0 saturated heterocycles. The van der Waals surface area contributed by atoms with Gasteiger partial charge in [-0.2, -0.15) is 0 Å². The average Bonchev–Trinajstić information content (AvgIpc) is 3.35. The van der Waals surface area contributed by atoms with Crippen molar-refractivity contribution in [2.45, 2.75) is 264 Å². The Kier molecular flexibility index (Phi) is 50.4. The molecule has 0 spiro atoms. The topological polar surface area (TPSA) is 155 Å². The normalized spacial score (nSPS) is 13.8. The van der Waals surface area contributed by atoms with E-state index in [4.69, 9.17) is 23.3 Å². The number of rotatable bonds is 52. The molecule has 0 aromatic carbocycles. The van der Waals surface area contributed by atoms with E-state index in [1.807, 2.05) is 0 Å². The molecule has 0 heterocycles. The van der Waals surface area contributed by atoms with Gasteiger partial charge in [-0.25, -0.2) is 4.57 Å². The molecule has 0 aromatic heterocycles. The first-order chi connectivity index (χ1) is 34.2. The van der Waals surface area contributed by atoms with Crippen molar-refractivity contribution in [1.29, 1.82) is 0 Å². The highest BCUT2D eigenvalue weighted by molar-refractivity contribution is 7.47. The fourth-order valence-corrected chi connectivity index (χ4v) is 8.30. The highest BCUT2D eigenvalue weighted by atomic mass is 31.2. The zero-order chi connectivity index (χ0) is 51.3. The lowest BCUT2D eigenvalue weighted by atomic mass is 10.1. The predicted octanol–water partition coefficient (Wildman–Crippen LogP) is 16.4. The van der Waals surface area contributed by atoms with Crippen LogP contribution in [0.4, 0.5) is 0 Å². The number of unbranched alkanes of at least 4 members (excludes halogenated alkanes) is 25. The minimum absolute atomic E-state index is 0.151. The minimum Gasteiger partial charge on any atom is -0.462 e. The number of ether oxygens (including phenoxy) is 3. The highest BCUT2D eigenvalue weighted by Gasteiger charge is 2.28. The molecule has 3 unspecified atom stereocenters. The number of hydrogen-bond donors (Lipinski definition) is 2. The molecule has 0 radical (unpaired) electrons. The zero-order valence-electron chi connectivity index (χ0n) is 44.7. The summed E-state index contributed by atoms with van der Waals surface area (Å²) in [5.74, 6) is -1.49. The van der Waals surface area contributed by atoms with Crippen LogP contribution >= 0.6 is 7.82 Å². The van der Waals surface area contributed by atoms with Gasteiger partial charge in [-0.3, -0.25) is 23.4 Å². The second-order valence-corrected chi connectivity index (χ2v) is 20.2. The van der Waals surface area contributed by atoms with Gasteiger partial charge in [-0.05, 0) is 103 Å². The summed E-state index contributed by atoms with van der Waals surface area (Å²) < 4.78 is 39.4. The quantitative estimate of drug-likeness (QED) is 0.0197. The molecule has 0 aromatic rings. The molecule has 406 valence electrons. The third kappa shape index (κ3) is 50.1. The summed E-state index contributed by atoms with van der Waals surface area (Å²) >= 11 is 0. The maximum atomic E-state index is 12.9. The SMILES string of the molecule is CCCC/C=C\CCCCCCCC(=O)OC(CO)COP(=O)(O)OCC(COC(=O)CCCCCCC/C=C\CCCCCC)OC(=O)CCCCCCCC/C=C\C/C=C\C/C=C\CCCCC.